The molecule has 5 nitrogen and oxygen atoms in total. The predicted molar refractivity (Wildman–Crippen MR) is 81.1 cm³/mol. The minimum absolute atomic E-state index is 0.704. The van der Waals surface area contributed by atoms with Crippen LogP contribution in [0.1, 0.15) is 24.4 Å². The van der Waals surface area contributed by atoms with Crippen molar-refractivity contribution >= 4 is 17.4 Å². The molecule has 0 atom stereocenters. The largest absolute Gasteiger partial charge is 0.464 e. The van der Waals surface area contributed by atoms with Gasteiger partial charge in [-0.25, -0.2) is 0 Å². The molecule has 0 aliphatic heterocycles. The Labute approximate surface area is 126 Å². The van der Waals surface area contributed by atoms with Crippen LogP contribution in [0.25, 0.3) is 5.65 Å². The highest BCUT2D eigenvalue weighted by atomic mass is 32.2. The lowest BCUT2D eigenvalue weighted by Crippen LogP contribution is -2.14. The van der Waals surface area contributed by atoms with E-state index in [4.69, 9.17) is 4.42 Å². The van der Waals surface area contributed by atoms with E-state index in [0.717, 1.165) is 34.6 Å². The van der Waals surface area contributed by atoms with Gasteiger partial charge in [0.2, 0.25) is 0 Å². The Morgan fingerprint density at radius 3 is 3.00 bits per heavy atom. The van der Waals surface area contributed by atoms with E-state index >= 15 is 0 Å². The monoisotopic (exact) mass is 300 g/mol. The third kappa shape index (κ3) is 2.96. The third-order valence-corrected chi connectivity index (χ3v) is 4.45. The van der Waals surface area contributed by atoms with Crippen LogP contribution in [0.3, 0.4) is 0 Å². The van der Waals surface area contributed by atoms with Crippen LogP contribution in [-0.2, 0) is 12.3 Å². The number of nitrogens with one attached hydrogen (secondary N) is 1. The van der Waals surface area contributed by atoms with Crippen LogP contribution in [0.5, 0.6) is 0 Å². The topological polar surface area (TPSA) is 55.4 Å². The van der Waals surface area contributed by atoms with Crippen molar-refractivity contribution in [3.63, 3.8) is 0 Å². The van der Waals surface area contributed by atoms with E-state index in [9.17, 15) is 0 Å². The summed E-state index contributed by atoms with van der Waals surface area (Å²) < 4.78 is 7.82. The van der Waals surface area contributed by atoms with Gasteiger partial charge in [0.15, 0.2) is 10.8 Å². The van der Waals surface area contributed by atoms with E-state index in [1.807, 2.05) is 40.9 Å². The zero-order chi connectivity index (χ0) is 14.1. The summed E-state index contributed by atoms with van der Waals surface area (Å²) in [6, 6.07) is 10.7. The lowest BCUT2D eigenvalue weighted by Gasteiger charge is -1.99. The first-order chi connectivity index (χ1) is 10.4. The minimum atomic E-state index is 0.704. The van der Waals surface area contributed by atoms with Crippen LogP contribution in [0.2, 0.25) is 0 Å². The number of rotatable bonds is 6. The van der Waals surface area contributed by atoms with E-state index in [0.29, 0.717) is 6.04 Å². The van der Waals surface area contributed by atoms with Crippen molar-refractivity contribution in [2.75, 3.05) is 0 Å². The van der Waals surface area contributed by atoms with Crippen LogP contribution < -0.4 is 5.32 Å². The van der Waals surface area contributed by atoms with Crippen molar-refractivity contribution in [2.24, 2.45) is 0 Å². The number of hydrogen-bond acceptors (Lipinski definition) is 5. The molecule has 0 amide bonds. The maximum Gasteiger partial charge on any atom is 0.196 e. The van der Waals surface area contributed by atoms with Gasteiger partial charge in [-0.2, -0.15) is 0 Å². The SMILES string of the molecule is c1ccn2c(SCc3ccc(CNC4CC4)o3)nnc2c1. The molecular formula is C15H16N4OS. The summed E-state index contributed by atoms with van der Waals surface area (Å²) in [7, 11) is 0. The Hall–Kier alpha value is -1.79. The summed E-state index contributed by atoms with van der Waals surface area (Å²) in [6.45, 7) is 0.823. The summed E-state index contributed by atoms with van der Waals surface area (Å²) >= 11 is 1.63. The highest BCUT2D eigenvalue weighted by Crippen LogP contribution is 2.23. The fourth-order valence-electron chi connectivity index (χ4n) is 2.18. The molecule has 0 unspecified atom stereocenters. The molecule has 0 bridgehead atoms. The molecule has 1 fully saturated rings. The van der Waals surface area contributed by atoms with Gasteiger partial charge >= 0.3 is 0 Å². The van der Waals surface area contributed by atoms with Gasteiger partial charge in [-0.1, -0.05) is 17.8 Å². The van der Waals surface area contributed by atoms with Gasteiger partial charge in [-0.15, -0.1) is 10.2 Å². The molecule has 21 heavy (non-hydrogen) atoms. The fraction of sp³-hybridized carbons (Fsp3) is 0.333. The second kappa shape index (κ2) is 5.54. The Kier molecular flexibility index (Phi) is 3.40. The zero-order valence-corrected chi connectivity index (χ0v) is 12.3. The highest BCUT2D eigenvalue weighted by Gasteiger charge is 2.20. The molecule has 4 rings (SSSR count). The number of furan rings is 1. The van der Waals surface area contributed by atoms with Crippen molar-refractivity contribution in [3.05, 3.63) is 48.0 Å². The van der Waals surface area contributed by atoms with Crippen LogP contribution >= 0.6 is 11.8 Å². The van der Waals surface area contributed by atoms with Crippen molar-refractivity contribution in [1.82, 2.24) is 19.9 Å². The second-order valence-electron chi connectivity index (χ2n) is 5.22. The average molecular weight is 300 g/mol. The van der Waals surface area contributed by atoms with Gasteiger partial charge in [0, 0.05) is 12.2 Å². The number of hydrogen-bond donors (Lipinski definition) is 1. The lowest BCUT2D eigenvalue weighted by molar-refractivity contribution is 0.458. The maximum atomic E-state index is 5.83. The Bertz CT molecular complexity index is 747. The van der Waals surface area contributed by atoms with Crippen LogP contribution in [-0.4, -0.2) is 20.6 Å². The van der Waals surface area contributed by atoms with Crippen LogP contribution in [0.15, 0.2) is 46.1 Å². The molecule has 6 heteroatoms. The summed E-state index contributed by atoms with van der Waals surface area (Å²) in [5, 5.41) is 12.7. The number of nitrogens with zero attached hydrogens (tertiary/aromatic N) is 3. The molecule has 3 aromatic heterocycles. The fourth-order valence-corrected chi connectivity index (χ4v) is 3.00. The first-order valence-electron chi connectivity index (χ1n) is 7.12. The van der Waals surface area contributed by atoms with E-state index in [1.165, 1.54) is 12.8 Å². The Morgan fingerprint density at radius 1 is 1.19 bits per heavy atom. The molecule has 108 valence electrons. The van der Waals surface area contributed by atoms with Gasteiger partial charge in [0.05, 0.1) is 12.3 Å². The van der Waals surface area contributed by atoms with Gasteiger partial charge in [-0.3, -0.25) is 4.40 Å². The molecule has 0 radical (unpaired) electrons. The van der Waals surface area contributed by atoms with Crippen LogP contribution in [0.4, 0.5) is 0 Å². The van der Waals surface area contributed by atoms with Crippen LogP contribution in [0, 0.1) is 0 Å². The number of pyridine rings is 1. The number of thioether (sulfide) groups is 1. The van der Waals surface area contributed by atoms with E-state index in [1.54, 1.807) is 11.8 Å². The Morgan fingerprint density at radius 2 is 2.10 bits per heavy atom. The molecule has 3 heterocycles. The number of fused-ring (bicyclic) bond motifs is 1. The van der Waals surface area contributed by atoms with E-state index < -0.39 is 0 Å². The molecule has 0 aromatic carbocycles. The summed E-state index contributed by atoms with van der Waals surface area (Å²) in [5.41, 5.74) is 0.869. The predicted octanol–water partition coefficient (Wildman–Crippen LogP) is 2.87. The first-order valence-corrected chi connectivity index (χ1v) is 8.10. The van der Waals surface area contributed by atoms with Crippen molar-refractivity contribution in [1.29, 1.82) is 0 Å². The minimum Gasteiger partial charge on any atom is -0.464 e. The average Bonchev–Trinajstić information content (AvgIpc) is 3.09. The number of aromatic nitrogens is 3. The van der Waals surface area contributed by atoms with Gasteiger partial charge < -0.3 is 9.73 Å². The summed E-state index contributed by atoms with van der Waals surface area (Å²) in [4.78, 5) is 0. The van der Waals surface area contributed by atoms with E-state index in [-0.39, 0.29) is 0 Å². The normalized spacial score (nSPS) is 14.9. The second-order valence-corrected chi connectivity index (χ2v) is 6.17. The maximum absolute atomic E-state index is 5.83. The molecule has 1 aliphatic rings. The third-order valence-electron chi connectivity index (χ3n) is 3.49. The molecular weight excluding hydrogens is 284 g/mol. The van der Waals surface area contributed by atoms with Gasteiger partial charge in [0.1, 0.15) is 11.5 Å². The highest BCUT2D eigenvalue weighted by molar-refractivity contribution is 7.98. The van der Waals surface area contributed by atoms with Crippen molar-refractivity contribution < 1.29 is 4.42 Å². The standard InChI is InChI=1S/C15H16N4OS/c1-2-8-19-14(3-1)17-18-15(19)21-10-13-7-6-12(20-13)9-16-11-4-5-11/h1-3,6-8,11,16H,4-5,9-10H2. The molecule has 1 saturated carbocycles. The van der Waals surface area contributed by atoms with Crippen molar-refractivity contribution in [3.8, 4) is 0 Å². The lowest BCUT2D eigenvalue weighted by atomic mass is 10.4. The first kappa shape index (κ1) is 12.9. The van der Waals surface area contributed by atoms with Gasteiger partial charge in [0.25, 0.3) is 0 Å². The molecule has 0 spiro atoms. The summed E-state index contributed by atoms with van der Waals surface area (Å²) in [5.74, 6) is 2.74. The molecule has 1 aliphatic carbocycles. The Balaban J connectivity index is 1.39. The molecule has 3 aromatic rings. The zero-order valence-electron chi connectivity index (χ0n) is 11.5. The molecule has 1 N–H and O–H groups in total. The summed E-state index contributed by atoms with van der Waals surface area (Å²) in [6.07, 6.45) is 4.57. The van der Waals surface area contributed by atoms with E-state index in [2.05, 4.69) is 15.5 Å². The van der Waals surface area contributed by atoms with Gasteiger partial charge in [-0.05, 0) is 37.1 Å². The quantitative estimate of drug-likeness (QED) is 0.709. The smallest absolute Gasteiger partial charge is 0.196 e. The van der Waals surface area contributed by atoms with Crippen molar-refractivity contribution in [2.45, 2.75) is 36.3 Å². The molecule has 0 saturated heterocycles.